The van der Waals surface area contributed by atoms with Gasteiger partial charge in [0.05, 0.1) is 28.3 Å². The van der Waals surface area contributed by atoms with Gasteiger partial charge < -0.3 is 9.33 Å². The van der Waals surface area contributed by atoms with Gasteiger partial charge in [0.2, 0.25) is 0 Å². The third-order valence-electron chi connectivity index (χ3n) is 7.16. The van der Waals surface area contributed by atoms with Crippen LogP contribution in [0, 0.1) is 22.7 Å². The fourth-order valence-electron chi connectivity index (χ4n) is 4.12. The molecule has 2 amide bonds. The number of nitrogens with one attached hydrogen (secondary N) is 2. The minimum Gasteiger partial charge on any atom is -0.412 e. The maximum absolute atomic E-state index is 13.6. The quantitative estimate of drug-likeness (QED) is 0.408. The van der Waals surface area contributed by atoms with Gasteiger partial charge >= 0.3 is 0 Å². The zero-order chi connectivity index (χ0) is 27.5. The number of rotatable bonds is 6. The Kier molecular flexibility index (Phi) is 8.34. The average molecular weight is 538 g/mol. The van der Waals surface area contributed by atoms with Gasteiger partial charge in [0.1, 0.15) is 12.1 Å². The molecule has 1 heterocycles. The fraction of sp³-hybridized carbons (Fsp3) is 0.407. The van der Waals surface area contributed by atoms with Gasteiger partial charge in [-0.05, 0) is 73.4 Å². The first kappa shape index (κ1) is 28.2. The molecule has 194 valence electrons. The van der Waals surface area contributed by atoms with Crippen LogP contribution >= 0.6 is 11.6 Å². The van der Waals surface area contributed by atoms with Crippen LogP contribution < -0.4 is 15.8 Å². The standard InChI is InChI=1S/C27H32ClN5O3Si/c1-17(36-37(5,6)27(2,3)4)24(33-14-13-21-22(33)12-11-20(16-30)23(21)28)26(35)32-31-25(34)19-9-7-18(15-29)8-10-19/h7-12,17,24H,13-14H2,1-6H3,(H,31,34)(H,32,35)/t17-,24-/m0/s1. The van der Waals surface area contributed by atoms with E-state index in [0.29, 0.717) is 34.7 Å². The molecule has 0 radical (unpaired) electrons. The Hall–Kier alpha value is -3.37. The van der Waals surface area contributed by atoms with E-state index < -0.39 is 32.3 Å². The first-order valence-corrected chi connectivity index (χ1v) is 15.4. The molecule has 2 atom stereocenters. The maximum Gasteiger partial charge on any atom is 0.269 e. The second-order valence-electron chi connectivity index (χ2n) is 10.6. The number of fused-ring (bicyclic) bond motifs is 1. The highest BCUT2D eigenvalue weighted by Gasteiger charge is 2.43. The highest BCUT2D eigenvalue weighted by atomic mass is 35.5. The van der Waals surface area contributed by atoms with Crippen molar-refractivity contribution in [2.24, 2.45) is 0 Å². The Balaban J connectivity index is 1.88. The van der Waals surface area contributed by atoms with Crippen molar-refractivity contribution in [3.63, 3.8) is 0 Å². The molecule has 10 heteroatoms. The summed E-state index contributed by atoms with van der Waals surface area (Å²) in [7, 11) is -2.24. The van der Waals surface area contributed by atoms with E-state index in [1.165, 1.54) is 24.3 Å². The third kappa shape index (κ3) is 5.97. The van der Waals surface area contributed by atoms with E-state index in [2.05, 4.69) is 50.8 Å². The van der Waals surface area contributed by atoms with Crippen LogP contribution in [0.4, 0.5) is 5.69 Å². The van der Waals surface area contributed by atoms with Crippen LogP contribution in [0.15, 0.2) is 36.4 Å². The van der Waals surface area contributed by atoms with E-state index in [0.717, 1.165) is 11.3 Å². The van der Waals surface area contributed by atoms with Gasteiger partial charge in [0.15, 0.2) is 8.32 Å². The van der Waals surface area contributed by atoms with Gasteiger partial charge in [-0.25, -0.2) is 0 Å². The first-order chi connectivity index (χ1) is 17.3. The largest absolute Gasteiger partial charge is 0.412 e. The summed E-state index contributed by atoms with van der Waals surface area (Å²) in [5.41, 5.74) is 7.77. The van der Waals surface area contributed by atoms with Gasteiger partial charge in [-0.1, -0.05) is 32.4 Å². The molecule has 0 unspecified atom stereocenters. The monoisotopic (exact) mass is 537 g/mol. The van der Waals surface area contributed by atoms with E-state index >= 15 is 0 Å². The van der Waals surface area contributed by atoms with Crippen molar-refractivity contribution >= 4 is 37.4 Å². The SMILES string of the molecule is C[C@H](O[Si](C)(C)C(C)(C)C)[C@@H](C(=O)NNC(=O)c1ccc(C#N)cc1)N1CCc2c1ccc(C#N)c2Cl. The third-order valence-corrected chi connectivity index (χ3v) is 12.2. The highest BCUT2D eigenvalue weighted by Crippen LogP contribution is 2.40. The van der Waals surface area contributed by atoms with E-state index in [-0.39, 0.29) is 5.04 Å². The van der Waals surface area contributed by atoms with E-state index in [1.807, 2.05) is 17.9 Å². The number of carbonyl (C=O) groups excluding carboxylic acids is 2. The summed E-state index contributed by atoms with van der Waals surface area (Å²) in [5.74, 6) is -0.931. The zero-order valence-corrected chi connectivity index (χ0v) is 23.7. The van der Waals surface area contributed by atoms with Crippen molar-refractivity contribution in [1.29, 1.82) is 10.5 Å². The van der Waals surface area contributed by atoms with Crippen LogP contribution in [0.2, 0.25) is 23.2 Å². The topological polar surface area (TPSA) is 118 Å². The summed E-state index contributed by atoms with van der Waals surface area (Å²) in [6.45, 7) is 13.0. The number of halogens is 1. The van der Waals surface area contributed by atoms with E-state index in [9.17, 15) is 14.9 Å². The van der Waals surface area contributed by atoms with Crippen molar-refractivity contribution < 1.29 is 14.0 Å². The van der Waals surface area contributed by atoms with Crippen LogP contribution in [0.25, 0.3) is 0 Å². The Morgan fingerprint density at radius 3 is 2.30 bits per heavy atom. The first-order valence-electron chi connectivity index (χ1n) is 12.1. The fourth-order valence-corrected chi connectivity index (χ4v) is 5.83. The number of hydrogen-bond acceptors (Lipinski definition) is 6. The summed E-state index contributed by atoms with van der Waals surface area (Å²) in [4.78, 5) is 28.2. The summed E-state index contributed by atoms with van der Waals surface area (Å²) in [5, 5.41) is 18.7. The normalized spacial score (nSPS) is 14.7. The van der Waals surface area contributed by atoms with Gasteiger partial charge in [0, 0.05) is 17.8 Å². The molecule has 1 aliphatic heterocycles. The smallest absolute Gasteiger partial charge is 0.269 e. The number of carbonyl (C=O) groups is 2. The van der Waals surface area contributed by atoms with Crippen LogP contribution in [0.5, 0.6) is 0 Å². The summed E-state index contributed by atoms with van der Waals surface area (Å²) >= 11 is 6.49. The summed E-state index contributed by atoms with van der Waals surface area (Å²) in [6.07, 6.45) is 0.0748. The molecule has 2 aromatic carbocycles. The minimum atomic E-state index is -2.24. The van der Waals surface area contributed by atoms with Gasteiger partial charge in [0.25, 0.3) is 11.8 Å². The predicted octanol–water partition coefficient (Wildman–Crippen LogP) is 4.69. The molecule has 0 bridgehead atoms. The lowest BCUT2D eigenvalue weighted by Gasteiger charge is -2.42. The Labute approximate surface area is 224 Å². The Morgan fingerprint density at radius 1 is 1.08 bits per heavy atom. The van der Waals surface area contributed by atoms with Gasteiger partial charge in [-0.15, -0.1) is 0 Å². The minimum absolute atomic E-state index is 0.0694. The van der Waals surface area contributed by atoms with Crippen molar-refractivity contribution in [2.75, 3.05) is 11.4 Å². The molecular formula is C27H32ClN5O3Si. The molecule has 0 saturated heterocycles. The Bertz CT molecular complexity index is 1280. The van der Waals surface area contributed by atoms with Gasteiger partial charge in [-0.2, -0.15) is 10.5 Å². The molecule has 1 aliphatic rings. The molecule has 0 fully saturated rings. The van der Waals surface area contributed by atoms with Crippen molar-refractivity contribution in [1.82, 2.24) is 10.9 Å². The van der Waals surface area contributed by atoms with E-state index in [4.69, 9.17) is 21.3 Å². The van der Waals surface area contributed by atoms with E-state index in [1.54, 1.807) is 12.1 Å². The maximum atomic E-state index is 13.6. The molecule has 2 N–H and O–H groups in total. The van der Waals surface area contributed by atoms with Crippen molar-refractivity contribution in [3.05, 3.63) is 63.7 Å². The van der Waals surface area contributed by atoms with Crippen LogP contribution in [-0.4, -0.2) is 38.8 Å². The van der Waals surface area contributed by atoms with Crippen LogP contribution in [0.1, 0.15) is 54.7 Å². The molecular weight excluding hydrogens is 506 g/mol. The van der Waals surface area contributed by atoms with Gasteiger partial charge in [-0.3, -0.25) is 20.4 Å². The zero-order valence-electron chi connectivity index (χ0n) is 22.0. The number of nitrogens with zero attached hydrogens (tertiary/aromatic N) is 3. The molecule has 0 aliphatic carbocycles. The lowest BCUT2D eigenvalue weighted by molar-refractivity contribution is -0.125. The van der Waals surface area contributed by atoms with Crippen LogP contribution in [0.3, 0.4) is 0 Å². The molecule has 3 rings (SSSR count). The van der Waals surface area contributed by atoms with Crippen molar-refractivity contribution in [3.8, 4) is 12.1 Å². The van der Waals surface area contributed by atoms with Crippen molar-refractivity contribution in [2.45, 2.75) is 64.4 Å². The number of amides is 2. The lowest BCUT2D eigenvalue weighted by atomic mass is 10.1. The number of benzene rings is 2. The van der Waals surface area contributed by atoms with Crippen LogP contribution in [-0.2, 0) is 15.6 Å². The number of hydrogen-bond donors (Lipinski definition) is 2. The molecule has 37 heavy (non-hydrogen) atoms. The number of anilines is 1. The molecule has 0 spiro atoms. The average Bonchev–Trinajstić information content (AvgIpc) is 3.26. The summed E-state index contributed by atoms with van der Waals surface area (Å²) in [6, 6.07) is 12.9. The molecule has 0 aromatic heterocycles. The molecule has 0 saturated carbocycles. The number of nitriles is 2. The summed E-state index contributed by atoms with van der Waals surface area (Å²) < 4.78 is 6.61. The molecule has 8 nitrogen and oxygen atoms in total. The predicted molar refractivity (Wildman–Crippen MR) is 146 cm³/mol. The Morgan fingerprint density at radius 2 is 1.73 bits per heavy atom. The second-order valence-corrected chi connectivity index (χ2v) is 15.8. The lowest BCUT2D eigenvalue weighted by Crippen LogP contribution is -2.59. The molecule has 2 aromatic rings. The second kappa shape index (κ2) is 10.9. The number of hydrazine groups is 1. The highest BCUT2D eigenvalue weighted by molar-refractivity contribution is 6.74.